The Hall–Kier alpha value is -2.09. The van der Waals surface area contributed by atoms with Crippen molar-refractivity contribution in [2.24, 2.45) is 0 Å². The molecule has 1 fully saturated rings. The van der Waals surface area contributed by atoms with Gasteiger partial charge in [0.15, 0.2) is 16.4 Å². The van der Waals surface area contributed by atoms with E-state index in [9.17, 15) is 18.0 Å². The topological polar surface area (TPSA) is 98.8 Å². The third-order valence-corrected chi connectivity index (χ3v) is 5.49. The second-order valence-electron chi connectivity index (χ2n) is 5.76. The highest BCUT2D eigenvalue weighted by Crippen LogP contribution is 2.22. The molecule has 7 nitrogen and oxygen atoms in total. The molecule has 0 saturated carbocycles. The Morgan fingerprint density at radius 1 is 1.35 bits per heavy atom. The van der Waals surface area contributed by atoms with Crippen LogP contribution in [0, 0.1) is 0 Å². The lowest BCUT2D eigenvalue weighted by Crippen LogP contribution is -2.48. The summed E-state index contributed by atoms with van der Waals surface area (Å²) in [4.78, 5) is 23.8. The highest BCUT2D eigenvalue weighted by Gasteiger charge is 2.39. The van der Waals surface area contributed by atoms with Crippen molar-refractivity contribution < 1.29 is 27.5 Å². The molecule has 0 spiro atoms. The summed E-state index contributed by atoms with van der Waals surface area (Å²) in [6.45, 7) is 1.20. The van der Waals surface area contributed by atoms with Gasteiger partial charge in [-0.25, -0.2) is 13.2 Å². The Labute approximate surface area is 134 Å². The van der Waals surface area contributed by atoms with E-state index < -0.39 is 33.9 Å². The molecule has 0 bridgehead atoms. The third-order valence-electron chi connectivity index (χ3n) is 3.58. The molecule has 0 radical (unpaired) electrons. The van der Waals surface area contributed by atoms with E-state index in [2.05, 4.69) is 5.32 Å². The summed E-state index contributed by atoms with van der Waals surface area (Å²) in [6.07, 6.45) is 0.352. The molecule has 1 saturated heterocycles. The molecule has 2 rings (SSSR count). The summed E-state index contributed by atoms with van der Waals surface area (Å²) in [5.41, 5.74) is -0.537. The van der Waals surface area contributed by atoms with Crippen LogP contribution in [0.15, 0.2) is 24.3 Å². The van der Waals surface area contributed by atoms with E-state index in [1.54, 1.807) is 25.1 Å². The molecule has 1 aliphatic rings. The van der Waals surface area contributed by atoms with Gasteiger partial charge in [0.05, 0.1) is 29.7 Å². The molecule has 1 aromatic rings. The van der Waals surface area contributed by atoms with E-state index in [-0.39, 0.29) is 17.1 Å². The predicted octanol–water partition coefficient (Wildman–Crippen LogP) is 0.545. The Morgan fingerprint density at radius 2 is 2.09 bits per heavy atom. The van der Waals surface area contributed by atoms with Crippen LogP contribution in [0.25, 0.3) is 0 Å². The summed E-state index contributed by atoms with van der Waals surface area (Å²) in [6, 6.07) is 6.38. The van der Waals surface area contributed by atoms with Crippen molar-refractivity contribution >= 4 is 21.7 Å². The van der Waals surface area contributed by atoms with E-state index in [1.165, 1.54) is 13.2 Å². The third kappa shape index (κ3) is 4.69. The number of rotatable bonds is 5. The SMILES string of the molecule is COc1cccc(C(=O)OCC(=O)N[C@@]2(C)CCS(=O)(=O)C2)c1. The number of methoxy groups -OCH3 is 1. The summed E-state index contributed by atoms with van der Waals surface area (Å²) >= 11 is 0. The summed E-state index contributed by atoms with van der Waals surface area (Å²) in [5.74, 6) is -0.722. The quantitative estimate of drug-likeness (QED) is 0.785. The van der Waals surface area contributed by atoms with Crippen molar-refractivity contribution in [2.45, 2.75) is 18.9 Å². The predicted molar refractivity (Wildman–Crippen MR) is 83.1 cm³/mol. The minimum absolute atomic E-state index is 0.0490. The summed E-state index contributed by atoms with van der Waals surface area (Å²) in [7, 11) is -1.64. The smallest absolute Gasteiger partial charge is 0.338 e. The first kappa shape index (κ1) is 17.3. The first-order chi connectivity index (χ1) is 10.7. The Balaban J connectivity index is 1.88. The van der Waals surface area contributed by atoms with Crippen molar-refractivity contribution in [3.8, 4) is 5.75 Å². The summed E-state index contributed by atoms with van der Waals surface area (Å²) in [5, 5.41) is 2.62. The minimum atomic E-state index is -3.12. The fourth-order valence-corrected chi connectivity index (χ4v) is 4.54. The standard InChI is InChI=1S/C15H19NO6S/c1-15(6-7-23(19,20)10-15)16-13(17)9-22-14(18)11-4-3-5-12(8-11)21-2/h3-5,8H,6-7,9-10H2,1-2H3,(H,16,17)/t15-/m0/s1. The number of amides is 1. The van der Waals surface area contributed by atoms with Gasteiger partial charge < -0.3 is 14.8 Å². The second-order valence-corrected chi connectivity index (χ2v) is 7.94. The van der Waals surface area contributed by atoms with Gasteiger partial charge in [0.1, 0.15) is 5.75 Å². The highest BCUT2D eigenvalue weighted by molar-refractivity contribution is 7.91. The van der Waals surface area contributed by atoms with Gasteiger partial charge in [-0.1, -0.05) is 6.07 Å². The van der Waals surface area contributed by atoms with E-state index >= 15 is 0 Å². The first-order valence-corrected chi connectivity index (χ1v) is 8.88. The van der Waals surface area contributed by atoms with Crippen LogP contribution in [-0.2, 0) is 19.4 Å². The molecule has 1 heterocycles. The molecule has 1 atom stereocenters. The van der Waals surface area contributed by atoms with Crippen LogP contribution in [0.2, 0.25) is 0 Å². The Kier molecular flexibility index (Phi) is 4.93. The molecule has 23 heavy (non-hydrogen) atoms. The number of ether oxygens (including phenoxy) is 2. The maximum atomic E-state index is 11.9. The van der Waals surface area contributed by atoms with Gasteiger partial charge in [-0.15, -0.1) is 0 Å². The van der Waals surface area contributed by atoms with Crippen LogP contribution >= 0.6 is 0 Å². The molecule has 1 aromatic carbocycles. The normalized spacial score (nSPS) is 22.3. The van der Waals surface area contributed by atoms with Crippen molar-refractivity contribution in [1.82, 2.24) is 5.32 Å². The van der Waals surface area contributed by atoms with Crippen LogP contribution in [0.1, 0.15) is 23.7 Å². The van der Waals surface area contributed by atoms with Gasteiger partial charge in [-0.3, -0.25) is 4.79 Å². The molecule has 126 valence electrons. The molecular formula is C15H19NO6S. The van der Waals surface area contributed by atoms with Gasteiger partial charge in [0, 0.05) is 0 Å². The molecule has 8 heteroatoms. The zero-order valence-electron chi connectivity index (χ0n) is 13.0. The number of carbonyl (C=O) groups excluding carboxylic acids is 2. The first-order valence-electron chi connectivity index (χ1n) is 7.06. The fourth-order valence-electron chi connectivity index (χ4n) is 2.45. The largest absolute Gasteiger partial charge is 0.497 e. The summed E-state index contributed by atoms with van der Waals surface area (Å²) < 4.78 is 32.9. The van der Waals surface area contributed by atoms with Crippen LogP contribution in [0.5, 0.6) is 5.75 Å². The second kappa shape index (κ2) is 6.57. The number of hydrogen-bond donors (Lipinski definition) is 1. The maximum Gasteiger partial charge on any atom is 0.338 e. The van der Waals surface area contributed by atoms with Gasteiger partial charge >= 0.3 is 5.97 Å². The Bertz CT molecular complexity index is 714. The van der Waals surface area contributed by atoms with Crippen LogP contribution in [0.3, 0.4) is 0 Å². The van der Waals surface area contributed by atoms with Crippen molar-refractivity contribution in [1.29, 1.82) is 0 Å². The monoisotopic (exact) mass is 341 g/mol. The molecule has 0 aromatic heterocycles. The van der Waals surface area contributed by atoms with Gasteiger partial charge in [-0.05, 0) is 31.5 Å². The molecule has 0 unspecified atom stereocenters. The fraction of sp³-hybridized carbons (Fsp3) is 0.467. The zero-order chi connectivity index (χ0) is 17.1. The zero-order valence-corrected chi connectivity index (χ0v) is 13.8. The van der Waals surface area contributed by atoms with Gasteiger partial charge in [-0.2, -0.15) is 0 Å². The Morgan fingerprint density at radius 3 is 2.70 bits per heavy atom. The van der Waals surface area contributed by atoms with E-state index in [0.29, 0.717) is 12.2 Å². The van der Waals surface area contributed by atoms with Crippen molar-refractivity contribution in [3.63, 3.8) is 0 Å². The molecule has 0 aliphatic carbocycles. The lowest BCUT2D eigenvalue weighted by Gasteiger charge is -2.23. The molecule has 1 aliphatic heterocycles. The number of esters is 1. The lowest BCUT2D eigenvalue weighted by atomic mass is 10.0. The molecule has 1 N–H and O–H groups in total. The van der Waals surface area contributed by atoms with Gasteiger partial charge in [0.25, 0.3) is 5.91 Å². The van der Waals surface area contributed by atoms with E-state index in [1.807, 2.05) is 0 Å². The lowest BCUT2D eigenvalue weighted by molar-refractivity contribution is -0.125. The van der Waals surface area contributed by atoms with Gasteiger partial charge in [0.2, 0.25) is 0 Å². The average Bonchev–Trinajstić information content (AvgIpc) is 2.78. The average molecular weight is 341 g/mol. The van der Waals surface area contributed by atoms with E-state index in [0.717, 1.165) is 0 Å². The number of carbonyl (C=O) groups is 2. The number of nitrogens with one attached hydrogen (secondary N) is 1. The highest BCUT2D eigenvalue weighted by atomic mass is 32.2. The van der Waals surface area contributed by atoms with Crippen LogP contribution < -0.4 is 10.1 Å². The minimum Gasteiger partial charge on any atom is -0.497 e. The van der Waals surface area contributed by atoms with Crippen molar-refractivity contribution in [2.75, 3.05) is 25.2 Å². The molecular weight excluding hydrogens is 322 g/mol. The van der Waals surface area contributed by atoms with Crippen LogP contribution in [-0.4, -0.2) is 51.1 Å². The number of sulfone groups is 1. The number of benzene rings is 1. The van der Waals surface area contributed by atoms with Crippen LogP contribution in [0.4, 0.5) is 0 Å². The molecule has 1 amide bonds. The maximum absolute atomic E-state index is 11.9. The number of hydrogen-bond acceptors (Lipinski definition) is 6. The van der Waals surface area contributed by atoms with Crippen molar-refractivity contribution in [3.05, 3.63) is 29.8 Å². The van der Waals surface area contributed by atoms with E-state index in [4.69, 9.17) is 9.47 Å².